The van der Waals surface area contributed by atoms with Gasteiger partial charge < -0.3 is 10.8 Å². The average molecular weight is 269 g/mol. The number of phenols is 1. The van der Waals surface area contributed by atoms with Crippen molar-refractivity contribution < 1.29 is 10.0 Å². The van der Waals surface area contributed by atoms with Gasteiger partial charge in [-0.25, -0.2) is 0 Å². The van der Waals surface area contributed by atoms with Crippen LogP contribution < -0.4 is 5.73 Å². The van der Waals surface area contributed by atoms with Gasteiger partial charge in [-0.05, 0) is 18.2 Å². The van der Waals surface area contributed by atoms with Gasteiger partial charge in [0.25, 0.3) is 5.54 Å². The van der Waals surface area contributed by atoms with Gasteiger partial charge >= 0.3 is 0 Å². The molecule has 0 bridgehead atoms. The maximum absolute atomic E-state index is 11.3. The van der Waals surface area contributed by atoms with Crippen LogP contribution in [0.5, 0.6) is 5.75 Å². The third-order valence-electron chi connectivity index (χ3n) is 2.86. The van der Waals surface area contributed by atoms with E-state index in [9.17, 15) is 15.2 Å². The molecular formula is C12H13ClN2O3. The van der Waals surface area contributed by atoms with Gasteiger partial charge in [-0.1, -0.05) is 18.2 Å². The molecule has 96 valence electrons. The smallest absolute Gasteiger partial charge is 0.272 e. The Bertz CT molecular complexity index is 528. The molecule has 0 aromatic heterocycles. The van der Waals surface area contributed by atoms with Crippen molar-refractivity contribution in [1.82, 2.24) is 0 Å². The minimum absolute atomic E-state index is 0. The van der Waals surface area contributed by atoms with Crippen LogP contribution in [0.1, 0.15) is 12.0 Å². The molecule has 2 rings (SSSR count). The molecule has 0 spiro atoms. The molecule has 5 nitrogen and oxygen atoms in total. The molecule has 0 amide bonds. The van der Waals surface area contributed by atoms with Crippen molar-refractivity contribution in [1.29, 1.82) is 0 Å². The van der Waals surface area contributed by atoms with Crippen molar-refractivity contribution in [3.8, 4) is 5.75 Å². The van der Waals surface area contributed by atoms with Crippen LogP contribution in [0.4, 0.5) is 5.69 Å². The van der Waals surface area contributed by atoms with Gasteiger partial charge in [0.05, 0.1) is 5.56 Å². The number of benzene rings is 1. The number of hydrogen-bond donors (Lipinski definition) is 2. The third-order valence-corrected chi connectivity index (χ3v) is 2.86. The molecule has 1 unspecified atom stereocenters. The molecule has 1 aliphatic carbocycles. The van der Waals surface area contributed by atoms with E-state index in [2.05, 4.69) is 0 Å². The predicted molar refractivity (Wildman–Crippen MR) is 71.3 cm³/mol. The fraction of sp³-hybridized carbons (Fsp3) is 0.167. The Balaban J connectivity index is 0.00000162. The summed E-state index contributed by atoms with van der Waals surface area (Å²) in [6.07, 6.45) is 6.77. The van der Waals surface area contributed by atoms with Crippen molar-refractivity contribution in [3.63, 3.8) is 0 Å². The minimum Gasteiger partial charge on any atom is -0.507 e. The van der Waals surface area contributed by atoms with Gasteiger partial charge in [0.1, 0.15) is 5.75 Å². The number of hydrogen-bond acceptors (Lipinski definition) is 4. The maximum atomic E-state index is 11.3. The van der Waals surface area contributed by atoms with Crippen LogP contribution in [0.25, 0.3) is 0 Å². The zero-order valence-electron chi connectivity index (χ0n) is 9.45. The van der Waals surface area contributed by atoms with E-state index in [1.165, 1.54) is 18.2 Å². The summed E-state index contributed by atoms with van der Waals surface area (Å²) in [5.41, 5.74) is 4.75. The number of nitrogens with zero attached hydrogens (tertiary/aromatic N) is 1. The topological polar surface area (TPSA) is 89.4 Å². The number of anilines is 1. The van der Waals surface area contributed by atoms with Gasteiger partial charge in [-0.2, -0.15) is 0 Å². The quantitative estimate of drug-likeness (QED) is 0.490. The molecule has 0 aliphatic heterocycles. The summed E-state index contributed by atoms with van der Waals surface area (Å²) in [5.74, 6) is -0.151. The molecule has 0 heterocycles. The highest BCUT2D eigenvalue weighted by atomic mass is 35.5. The highest BCUT2D eigenvalue weighted by molar-refractivity contribution is 5.85. The highest BCUT2D eigenvalue weighted by Crippen LogP contribution is 2.38. The minimum atomic E-state index is -1.40. The summed E-state index contributed by atoms with van der Waals surface area (Å²) in [5, 5.41) is 21.1. The molecule has 18 heavy (non-hydrogen) atoms. The molecule has 3 N–H and O–H groups in total. The van der Waals surface area contributed by atoms with Gasteiger partial charge in [0.2, 0.25) is 0 Å². The van der Waals surface area contributed by atoms with Crippen LogP contribution >= 0.6 is 12.4 Å². The lowest BCUT2D eigenvalue weighted by molar-refractivity contribution is -0.563. The number of allylic oxidation sites excluding steroid dienone is 2. The monoisotopic (exact) mass is 268 g/mol. The number of phenolic OH excluding ortho intramolecular Hbond substituents is 1. The predicted octanol–water partition coefficient (Wildman–Crippen LogP) is 2.38. The number of rotatable bonds is 2. The van der Waals surface area contributed by atoms with Gasteiger partial charge in [-0.15, -0.1) is 12.4 Å². The number of nitro groups is 1. The lowest BCUT2D eigenvalue weighted by Crippen LogP contribution is -2.33. The number of nitrogens with two attached hydrogens (primary N) is 1. The molecule has 1 atom stereocenters. The Morgan fingerprint density at radius 1 is 1.39 bits per heavy atom. The first-order valence-electron chi connectivity index (χ1n) is 5.14. The average Bonchev–Trinajstić information content (AvgIpc) is 2.29. The zero-order chi connectivity index (χ0) is 12.5. The molecule has 1 aromatic carbocycles. The largest absolute Gasteiger partial charge is 0.507 e. The Morgan fingerprint density at radius 3 is 2.61 bits per heavy atom. The number of aromatic hydroxyl groups is 1. The van der Waals surface area contributed by atoms with Crippen LogP contribution in [0.15, 0.2) is 42.5 Å². The van der Waals surface area contributed by atoms with Crippen molar-refractivity contribution in [2.24, 2.45) is 0 Å². The fourth-order valence-electron chi connectivity index (χ4n) is 1.96. The van der Waals surface area contributed by atoms with E-state index < -0.39 is 10.5 Å². The summed E-state index contributed by atoms with van der Waals surface area (Å²) in [6, 6.07) is 4.37. The lowest BCUT2D eigenvalue weighted by atomic mass is 9.84. The standard InChI is InChI=1S/C12H12N2O3.ClH/c13-9-4-5-10(11(15)8-9)12(14(16)17)6-2-1-3-7-12;/h1-6,8,15H,7,13H2;1H. The SMILES string of the molecule is Cl.Nc1ccc(C2([N+](=O)[O-])C=CC=CC2)c(O)c1. The summed E-state index contributed by atoms with van der Waals surface area (Å²) < 4.78 is 0. The second-order valence-corrected chi connectivity index (χ2v) is 3.95. The highest BCUT2D eigenvalue weighted by Gasteiger charge is 2.44. The molecule has 0 radical (unpaired) electrons. The first kappa shape index (κ1) is 14.1. The summed E-state index contributed by atoms with van der Waals surface area (Å²) in [4.78, 5) is 10.9. The Labute approximate surface area is 110 Å². The van der Waals surface area contributed by atoms with Crippen molar-refractivity contribution >= 4 is 18.1 Å². The van der Waals surface area contributed by atoms with Crippen LogP contribution in [-0.4, -0.2) is 10.0 Å². The van der Waals surface area contributed by atoms with Crippen LogP contribution in [0.3, 0.4) is 0 Å². The van der Waals surface area contributed by atoms with Gasteiger partial charge in [0, 0.05) is 23.1 Å². The van der Waals surface area contributed by atoms with E-state index in [0.29, 0.717) is 5.69 Å². The molecule has 1 aliphatic rings. The third kappa shape index (κ3) is 2.17. The second kappa shape index (κ2) is 5.10. The van der Waals surface area contributed by atoms with Crippen LogP contribution in [-0.2, 0) is 5.54 Å². The number of nitrogen functional groups attached to an aromatic ring is 1. The molecule has 6 heteroatoms. The Kier molecular flexibility index (Phi) is 3.98. The summed E-state index contributed by atoms with van der Waals surface area (Å²) in [6.45, 7) is 0. The Hall–Kier alpha value is -2.01. The summed E-state index contributed by atoms with van der Waals surface area (Å²) in [7, 11) is 0. The van der Waals surface area contributed by atoms with E-state index in [1.54, 1.807) is 24.3 Å². The molecule has 0 saturated carbocycles. The zero-order valence-corrected chi connectivity index (χ0v) is 10.3. The second-order valence-electron chi connectivity index (χ2n) is 3.95. The molecule has 0 saturated heterocycles. The van der Waals surface area contributed by atoms with Crippen molar-refractivity contribution in [3.05, 3.63) is 58.2 Å². The van der Waals surface area contributed by atoms with Crippen LogP contribution in [0, 0.1) is 10.1 Å². The van der Waals surface area contributed by atoms with E-state index in [4.69, 9.17) is 5.73 Å². The maximum Gasteiger partial charge on any atom is 0.272 e. The number of halogens is 1. The van der Waals surface area contributed by atoms with E-state index >= 15 is 0 Å². The van der Waals surface area contributed by atoms with Crippen LogP contribution in [0.2, 0.25) is 0 Å². The summed E-state index contributed by atoms with van der Waals surface area (Å²) >= 11 is 0. The van der Waals surface area contributed by atoms with Crippen molar-refractivity contribution in [2.45, 2.75) is 12.0 Å². The van der Waals surface area contributed by atoms with Gasteiger partial charge in [-0.3, -0.25) is 10.1 Å². The normalized spacial score (nSPS) is 21.3. The first-order chi connectivity index (χ1) is 8.06. The van der Waals surface area contributed by atoms with E-state index in [1.807, 2.05) is 0 Å². The van der Waals surface area contributed by atoms with Gasteiger partial charge in [0.15, 0.2) is 0 Å². The molecule has 1 aromatic rings. The lowest BCUT2D eigenvalue weighted by Gasteiger charge is -2.23. The van der Waals surface area contributed by atoms with E-state index in [-0.39, 0.29) is 30.1 Å². The Morgan fingerprint density at radius 2 is 2.11 bits per heavy atom. The molecular weight excluding hydrogens is 256 g/mol. The van der Waals surface area contributed by atoms with E-state index in [0.717, 1.165) is 0 Å². The fourth-order valence-corrected chi connectivity index (χ4v) is 1.96. The first-order valence-corrected chi connectivity index (χ1v) is 5.14. The van der Waals surface area contributed by atoms with Crippen molar-refractivity contribution in [2.75, 3.05) is 5.73 Å². The molecule has 0 fully saturated rings.